The second kappa shape index (κ2) is 5.59. The molecule has 0 saturated heterocycles. The predicted octanol–water partition coefficient (Wildman–Crippen LogP) is 5.63. The first-order chi connectivity index (χ1) is 8.42. The average molecular weight is 232 g/mol. The number of hydrogen-bond donors (Lipinski definition) is 0. The van der Waals surface area contributed by atoms with Crippen LogP contribution >= 0.6 is 0 Å². The van der Waals surface area contributed by atoms with Crippen LogP contribution in [0.25, 0.3) is 0 Å². The van der Waals surface area contributed by atoms with Gasteiger partial charge in [-0.3, -0.25) is 0 Å². The molecule has 0 radical (unpaired) electrons. The molecular formula is C17H28. The van der Waals surface area contributed by atoms with Gasteiger partial charge in [-0.1, -0.05) is 43.3 Å². The number of allylic oxidation sites excluding steroid dienone is 2. The van der Waals surface area contributed by atoms with Gasteiger partial charge in [-0.05, 0) is 63.2 Å². The third-order valence-electron chi connectivity index (χ3n) is 5.49. The summed E-state index contributed by atoms with van der Waals surface area (Å²) in [5.41, 5.74) is 3.79. The summed E-state index contributed by atoms with van der Waals surface area (Å²) in [5, 5.41) is 0. The summed E-state index contributed by atoms with van der Waals surface area (Å²) in [4.78, 5) is 0. The molecule has 1 unspecified atom stereocenters. The molecule has 0 amide bonds. The lowest BCUT2D eigenvalue weighted by atomic mass is 9.73. The zero-order valence-electron chi connectivity index (χ0n) is 11.3. The molecule has 0 heterocycles. The molecule has 3 aliphatic rings. The highest BCUT2D eigenvalue weighted by molar-refractivity contribution is 5.20. The molecule has 0 nitrogen and oxygen atoms in total. The molecule has 0 bridgehead atoms. The zero-order chi connectivity index (χ0) is 11.5. The van der Waals surface area contributed by atoms with Crippen LogP contribution in [0.1, 0.15) is 83.5 Å². The van der Waals surface area contributed by atoms with E-state index in [1.165, 1.54) is 64.2 Å². The molecule has 0 aromatic rings. The molecule has 3 aliphatic carbocycles. The first-order valence-electron chi connectivity index (χ1n) is 8.11. The fourth-order valence-corrected chi connectivity index (χ4v) is 4.50. The van der Waals surface area contributed by atoms with E-state index >= 15 is 0 Å². The minimum atomic E-state index is 1.06. The van der Waals surface area contributed by atoms with E-state index in [0.717, 1.165) is 11.8 Å². The van der Waals surface area contributed by atoms with Gasteiger partial charge in [0.2, 0.25) is 0 Å². The average Bonchev–Trinajstić information content (AvgIpc) is 2.40. The normalized spacial score (nSPS) is 31.4. The highest BCUT2D eigenvalue weighted by Crippen LogP contribution is 2.41. The summed E-state index contributed by atoms with van der Waals surface area (Å²) >= 11 is 0. The van der Waals surface area contributed by atoms with Crippen LogP contribution in [0.15, 0.2) is 11.1 Å². The van der Waals surface area contributed by atoms with Gasteiger partial charge in [0.05, 0.1) is 0 Å². The van der Waals surface area contributed by atoms with Crippen molar-refractivity contribution in [1.29, 1.82) is 0 Å². The second-order valence-corrected chi connectivity index (χ2v) is 6.76. The number of hydrogen-bond acceptors (Lipinski definition) is 0. The molecule has 0 aliphatic heterocycles. The van der Waals surface area contributed by atoms with Gasteiger partial charge in [0.25, 0.3) is 0 Å². The molecular weight excluding hydrogens is 204 g/mol. The van der Waals surface area contributed by atoms with Crippen LogP contribution in [-0.4, -0.2) is 0 Å². The van der Waals surface area contributed by atoms with E-state index in [9.17, 15) is 0 Å². The fourth-order valence-electron chi connectivity index (χ4n) is 4.50. The van der Waals surface area contributed by atoms with Crippen molar-refractivity contribution in [3.63, 3.8) is 0 Å². The van der Waals surface area contributed by atoms with E-state index in [4.69, 9.17) is 0 Å². The zero-order valence-corrected chi connectivity index (χ0v) is 11.3. The molecule has 0 spiro atoms. The first kappa shape index (κ1) is 11.8. The molecule has 1 atom stereocenters. The molecule has 96 valence electrons. The van der Waals surface area contributed by atoms with Gasteiger partial charge in [-0.15, -0.1) is 0 Å². The molecule has 0 aromatic carbocycles. The third-order valence-corrected chi connectivity index (χ3v) is 5.49. The van der Waals surface area contributed by atoms with E-state index in [-0.39, 0.29) is 0 Å². The SMILES string of the molecule is C1CCC(CC2CCC3=C(CCCC3)C2)CC1. The van der Waals surface area contributed by atoms with Crippen LogP contribution in [0.5, 0.6) is 0 Å². The van der Waals surface area contributed by atoms with E-state index in [2.05, 4.69) is 0 Å². The summed E-state index contributed by atoms with van der Waals surface area (Å²) < 4.78 is 0. The van der Waals surface area contributed by atoms with Gasteiger partial charge >= 0.3 is 0 Å². The smallest absolute Gasteiger partial charge is 0.0289 e. The maximum absolute atomic E-state index is 1.91. The molecule has 17 heavy (non-hydrogen) atoms. The maximum atomic E-state index is 1.91. The van der Waals surface area contributed by atoms with E-state index in [1.54, 1.807) is 19.3 Å². The Labute approximate surface area is 107 Å². The summed E-state index contributed by atoms with van der Waals surface area (Å²) in [5.74, 6) is 2.16. The summed E-state index contributed by atoms with van der Waals surface area (Å²) in [6.07, 6.45) is 19.5. The topological polar surface area (TPSA) is 0 Å². The molecule has 0 aromatic heterocycles. The van der Waals surface area contributed by atoms with Gasteiger partial charge in [-0.2, -0.15) is 0 Å². The summed E-state index contributed by atoms with van der Waals surface area (Å²) in [7, 11) is 0. The van der Waals surface area contributed by atoms with Gasteiger partial charge in [0.1, 0.15) is 0 Å². The standard InChI is InChI=1S/C17H28/c1-2-6-14(7-3-1)12-15-10-11-16-8-4-5-9-17(16)13-15/h14-15H,1-13H2. The minimum absolute atomic E-state index is 1.06. The van der Waals surface area contributed by atoms with Crippen molar-refractivity contribution in [1.82, 2.24) is 0 Å². The van der Waals surface area contributed by atoms with Gasteiger partial charge in [0, 0.05) is 0 Å². The van der Waals surface area contributed by atoms with Crippen molar-refractivity contribution >= 4 is 0 Å². The van der Waals surface area contributed by atoms with E-state index in [0.29, 0.717) is 0 Å². The number of rotatable bonds is 2. The largest absolute Gasteiger partial charge is 0.0710 e. The van der Waals surface area contributed by atoms with Crippen LogP contribution in [0, 0.1) is 11.8 Å². The van der Waals surface area contributed by atoms with Gasteiger partial charge < -0.3 is 0 Å². The predicted molar refractivity (Wildman–Crippen MR) is 74.0 cm³/mol. The van der Waals surface area contributed by atoms with Crippen molar-refractivity contribution in [2.75, 3.05) is 0 Å². The van der Waals surface area contributed by atoms with Gasteiger partial charge in [-0.25, -0.2) is 0 Å². The first-order valence-corrected chi connectivity index (χ1v) is 8.11. The lowest BCUT2D eigenvalue weighted by molar-refractivity contribution is 0.268. The Hall–Kier alpha value is -0.260. The van der Waals surface area contributed by atoms with Gasteiger partial charge in [0.15, 0.2) is 0 Å². The monoisotopic (exact) mass is 232 g/mol. The van der Waals surface area contributed by atoms with Crippen LogP contribution in [0.2, 0.25) is 0 Å². The van der Waals surface area contributed by atoms with Crippen LogP contribution < -0.4 is 0 Å². The molecule has 0 heteroatoms. The molecule has 3 rings (SSSR count). The van der Waals surface area contributed by atoms with E-state index < -0.39 is 0 Å². The molecule has 1 saturated carbocycles. The Bertz CT molecular complexity index is 280. The quantitative estimate of drug-likeness (QED) is 0.541. The Morgan fingerprint density at radius 2 is 1.41 bits per heavy atom. The Morgan fingerprint density at radius 1 is 0.647 bits per heavy atom. The van der Waals surface area contributed by atoms with Crippen LogP contribution in [0.4, 0.5) is 0 Å². The van der Waals surface area contributed by atoms with Crippen molar-refractivity contribution < 1.29 is 0 Å². The molecule has 1 fully saturated rings. The van der Waals surface area contributed by atoms with Crippen molar-refractivity contribution in [3.8, 4) is 0 Å². The summed E-state index contributed by atoms with van der Waals surface area (Å²) in [6.45, 7) is 0. The van der Waals surface area contributed by atoms with Crippen molar-refractivity contribution in [2.45, 2.75) is 83.5 Å². The highest BCUT2D eigenvalue weighted by Gasteiger charge is 2.25. The van der Waals surface area contributed by atoms with Crippen molar-refractivity contribution in [2.24, 2.45) is 11.8 Å². The third kappa shape index (κ3) is 2.95. The van der Waals surface area contributed by atoms with Crippen molar-refractivity contribution in [3.05, 3.63) is 11.1 Å². The highest BCUT2D eigenvalue weighted by atomic mass is 14.3. The molecule has 0 N–H and O–H groups in total. The van der Waals surface area contributed by atoms with Crippen LogP contribution in [0.3, 0.4) is 0 Å². The maximum Gasteiger partial charge on any atom is -0.0289 e. The van der Waals surface area contributed by atoms with E-state index in [1.807, 2.05) is 11.1 Å². The van der Waals surface area contributed by atoms with Crippen LogP contribution in [-0.2, 0) is 0 Å². The minimum Gasteiger partial charge on any atom is -0.0710 e. The Kier molecular flexibility index (Phi) is 3.88. The Morgan fingerprint density at radius 3 is 2.24 bits per heavy atom. The lowest BCUT2D eigenvalue weighted by Gasteiger charge is -2.33. The second-order valence-electron chi connectivity index (χ2n) is 6.76. The Balaban J connectivity index is 1.54. The summed E-state index contributed by atoms with van der Waals surface area (Å²) in [6, 6.07) is 0. The fraction of sp³-hybridized carbons (Fsp3) is 0.882. The lowest BCUT2D eigenvalue weighted by Crippen LogP contribution is -2.18.